The molecule has 0 saturated carbocycles. The molecule has 0 amide bonds. The van der Waals surface area contributed by atoms with Crippen molar-refractivity contribution in [2.24, 2.45) is 4.99 Å². The maximum atomic E-state index is 5.58. The van der Waals surface area contributed by atoms with E-state index in [1.165, 1.54) is 5.56 Å². The van der Waals surface area contributed by atoms with Crippen LogP contribution >= 0.6 is 24.0 Å². The van der Waals surface area contributed by atoms with E-state index in [-0.39, 0.29) is 29.4 Å². The molecule has 0 radical (unpaired) electrons. The van der Waals surface area contributed by atoms with E-state index in [9.17, 15) is 0 Å². The van der Waals surface area contributed by atoms with Crippen LogP contribution in [0.3, 0.4) is 0 Å². The Balaban J connectivity index is 0.00000338. The second-order valence-electron chi connectivity index (χ2n) is 6.64. The molecule has 0 atom stereocenters. The van der Waals surface area contributed by atoms with Gasteiger partial charge in [-0.1, -0.05) is 26.0 Å². The van der Waals surface area contributed by atoms with Gasteiger partial charge in [-0.05, 0) is 31.5 Å². The lowest BCUT2D eigenvalue weighted by Gasteiger charge is -2.27. The number of guanidine groups is 1. The van der Waals surface area contributed by atoms with Crippen molar-refractivity contribution in [3.63, 3.8) is 0 Å². The molecule has 0 fully saturated rings. The first-order valence-corrected chi connectivity index (χ1v) is 8.37. The van der Waals surface area contributed by atoms with Gasteiger partial charge in [0, 0.05) is 19.0 Å². The summed E-state index contributed by atoms with van der Waals surface area (Å²) in [5.41, 5.74) is 2.04. The van der Waals surface area contributed by atoms with Gasteiger partial charge in [0.25, 0.3) is 0 Å². The molecular weight excluding hydrogens is 443 g/mol. The Bertz CT molecular complexity index is 721. The Labute approximate surface area is 172 Å². The van der Waals surface area contributed by atoms with Gasteiger partial charge < -0.3 is 19.8 Å². The largest absolute Gasteiger partial charge is 0.497 e. The first-order chi connectivity index (χ1) is 11.9. The van der Waals surface area contributed by atoms with Crippen LogP contribution in [0, 0.1) is 13.8 Å². The van der Waals surface area contributed by atoms with Gasteiger partial charge in [-0.3, -0.25) is 4.99 Å². The average molecular weight is 472 g/mol. The van der Waals surface area contributed by atoms with Gasteiger partial charge in [0.2, 0.25) is 5.89 Å². The zero-order valence-electron chi connectivity index (χ0n) is 16.3. The number of hydrogen-bond acceptors (Lipinski definition) is 4. The normalized spacial score (nSPS) is 11.7. The van der Waals surface area contributed by atoms with Crippen LogP contribution in [-0.2, 0) is 12.0 Å². The highest BCUT2D eigenvalue weighted by Crippen LogP contribution is 2.25. The van der Waals surface area contributed by atoms with Gasteiger partial charge >= 0.3 is 0 Å². The quantitative estimate of drug-likeness (QED) is 0.382. The topological polar surface area (TPSA) is 71.7 Å². The second kappa shape index (κ2) is 9.80. The van der Waals surface area contributed by atoms with E-state index in [0.717, 1.165) is 23.7 Å². The Morgan fingerprint density at radius 2 is 2.00 bits per heavy atom. The number of benzene rings is 1. The van der Waals surface area contributed by atoms with Crippen molar-refractivity contribution in [3.8, 4) is 5.75 Å². The Hall–Kier alpha value is -1.77. The summed E-state index contributed by atoms with van der Waals surface area (Å²) in [5, 5.41) is 6.60. The molecule has 1 aromatic heterocycles. The number of hydrogen-bond donors (Lipinski definition) is 2. The van der Waals surface area contributed by atoms with Crippen molar-refractivity contribution < 1.29 is 9.15 Å². The fourth-order valence-corrected chi connectivity index (χ4v) is 2.45. The van der Waals surface area contributed by atoms with E-state index < -0.39 is 0 Å². The average Bonchev–Trinajstić information content (AvgIpc) is 2.93. The molecule has 1 aromatic carbocycles. The van der Waals surface area contributed by atoms with Gasteiger partial charge in [-0.25, -0.2) is 4.98 Å². The third-order valence-corrected chi connectivity index (χ3v) is 4.25. The highest BCUT2D eigenvalue weighted by Gasteiger charge is 2.21. The summed E-state index contributed by atoms with van der Waals surface area (Å²) in [6, 6.07) is 8.14. The Kier molecular flexibility index (Phi) is 8.39. The molecule has 0 bridgehead atoms. The lowest BCUT2D eigenvalue weighted by Crippen LogP contribution is -2.43. The third kappa shape index (κ3) is 5.89. The van der Waals surface area contributed by atoms with E-state index in [1.54, 1.807) is 14.2 Å². The molecule has 7 heteroatoms. The lowest BCUT2D eigenvalue weighted by molar-refractivity contribution is 0.411. The van der Waals surface area contributed by atoms with Crippen LogP contribution in [0.25, 0.3) is 0 Å². The van der Waals surface area contributed by atoms with Crippen LogP contribution in [0.4, 0.5) is 0 Å². The molecule has 0 unspecified atom stereocenters. The minimum absolute atomic E-state index is 0. The fraction of sp³-hybridized carbons (Fsp3) is 0.474. The molecule has 2 rings (SSSR count). The zero-order chi connectivity index (χ0) is 18.4. The Morgan fingerprint density at radius 1 is 1.27 bits per heavy atom. The third-order valence-electron chi connectivity index (χ3n) is 4.25. The number of halogens is 1. The predicted octanol–water partition coefficient (Wildman–Crippen LogP) is 3.56. The van der Waals surface area contributed by atoms with Crippen molar-refractivity contribution in [2.45, 2.75) is 39.7 Å². The van der Waals surface area contributed by atoms with Gasteiger partial charge in [0.1, 0.15) is 11.5 Å². The van der Waals surface area contributed by atoms with Crippen LogP contribution in [0.5, 0.6) is 5.75 Å². The van der Waals surface area contributed by atoms with Crippen LogP contribution in [0.15, 0.2) is 33.7 Å². The van der Waals surface area contributed by atoms with Gasteiger partial charge in [0.15, 0.2) is 5.96 Å². The molecule has 0 spiro atoms. The fourth-order valence-electron chi connectivity index (χ4n) is 2.45. The minimum atomic E-state index is -0.0811. The monoisotopic (exact) mass is 472 g/mol. The number of aromatic nitrogens is 1. The predicted molar refractivity (Wildman–Crippen MR) is 116 cm³/mol. The van der Waals surface area contributed by atoms with E-state index in [1.807, 2.05) is 26.0 Å². The van der Waals surface area contributed by atoms with E-state index in [0.29, 0.717) is 18.4 Å². The SMILES string of the molecule is CN=C(NCc1nc(C)c(C)o1)NCC(C)(C)c1cccc(OC)c1.I. The van der Waals surface area contributed by atoms with Gasteiger partial charge in [-0.2, -0.15) is 0 Å². The first-order valence-electron chi connectivity index (χ1n) is 8.37. The number of ether oxygens (including phenoxy) is 1. The highest BCUT2D eigenvalue weighted by atomic mass is 127. The molecule has 6 nitrogen and oxygen atoms in total. The molecule has 2 aromatic rings. The number of oxazole rings is 1. The van der Waals surface area contributed by atoms with Crippen LogP contribution < -0.4 is 15.4 Å². The van der Waals surface area contributed by atoms with Gasteiger partial charge in [-0.15, -0.1) is 24.0 Å². The Morgan fingerprint density at radius 3 is 2.58 bits per heavy atom. The molecular formula is C19H29IN4O2. The second-order valence-corrected chi connectivity index (χ2v) is 6.64. The van der Waals surface area contributed by atoms with Crippen molar-refractivity contribution in [3.05, 3.63) is 47.2 Å². The molecule has 2 N–H and O–H groups in total. The summed E-state index contributed by atoms with van der Waals surface area (Å²) in [5.74, 6) is 3.08. The first kappa shape index (κ1) is 22.3. The summed E-state index contributed by atoms with van der Waals surface area (Å²) in [4.78, 5) is 8.63. The molecule has 26 heavy (non-hydrogen) atoms. The summed E-state index contributed by atoms with van der Waals surface area (Å²) in [7, 11) is 3.43. The number of nitrogens with one attached hydrogen (secondary N) is 2. The van der Waals surface area contributed by atoms with Crippen molar-refractivity contribution in [1.82, 2.24) is 15.6 Å². The minimum Gasteiger partial charge on any atom is -0.497 e. The van der Waals surface area contributed by atoms with Crippen molar-refractivity contribution in [2.75, 3.05) is 20.7 Å². The number of aryl methyl sites for hydroxylation is 2. The maximum absolute atomic E-state index is 5.58. The molecule has 0 aliphatic heterocycles. The summed E-state index contributed by atoms with van der Waals surface area (Å²) < 4.78 is 10.9. The molecule has 144 valence electrons. The molecule has 0 saturated heterocycles. The van der Waals surface area contributed by atoms with Crippen LogP contribution in [-0.4, -0.2) is 31.6 Å². The smallest absolute Gasteiger partial charge is 0.214 e. The van der Waals surface area contributed by atoms with Gasteiger partial charge in [0.05, 0.1) is 19.3 Å². The number of methoxy groups -OCH3 is 1. The summed E-state index contributed by atoms with van der Waals surface area (Å²) >= 11 is 0. The summed E-state index contributed by atoms with van der Waals surface area (Å²) in [6.07, 6.45) is 0. The number of rotatable bonds is 6. The number of aliphatic imine (C=N–C) groups is 1. The van der Waals surface area contributed by atoms with E-state index >= 15 is 0 Å². The summed E-state index contributed by atoms with van der Waals surface area (Å²) in [6.45, 7) is 9.44. The zero-order valence-corrected chi connectivity index (χ0v) is 18.7. The van der Waals surface area contributed by atoms with E-state index in [4.69, 9.17) is 9.15 Å². The van der Waals surface area contributed by atoms with Crippen molar-refractivity contribution >= 4 is 29.9 Å². The lowest BCUT2D eigenvalue weighted by atomic mass is 9.84. The molecule has 1 heterocycles. The van der Waals surface area contributed by atoms with Crippen LogP contribution in [0.1, 0.15) is 36.8 Å². The van der Waals surface area contributed by atoms with E-state index in [2.05, 4.69) is 46.6 Å². The highest BCUT2D eigenvalue weighted by molar-refractivity contribution is 14.0. The maximum Gasteiger partial charge on any atom is 0.214 e. The van der Waals surface area contributed by atoms with Crippen LogP contribution in [0.2, 0.25) is 0 Å². The van der Waals surface area contributed by atoms with Crippen molar-refractivity contribution in [1.29, 1.82) is 0 Å². The number of nitrogens with zero attached hydrogens (tertiary/aromatic N) is 2. The molecule has 0 aliphatic carbocycles. The standard InChI is InChI=1S/C19H28N4O2.HI/c1-13-14(2)25-17(23-13)11-21-18(20-5)22-12-19(3,4)15-8-7-9-16(10-15)24-6;/h7-10H,11-12H2,1-6H3,(H2,20,21,22);1H. The molecule has 0 aliphatic rings.